The highest BCUT2D eigenvalue weighted by Crippen LogP contribution is 2.21. The number of benzene rings is 2. The fourth-order valence-electron chi connectivity index (χ4n) is 2.09. The first-order chi connectivity index (χ1) is 9.56. The smallest absolute Gasteiger partial charge is 0.106 e. The summed E-state index contributed by atoms with van der Waals surface area (Å²) in [5.74, 6) is 0. The molecule has 0 unspecified atom stereocenters. The van der Waals surface area contributed by atoms with Gasteiger partial charge in [0.25, 0.3) is 0 Å². The van der Waals surface area contributed by atoms with Crippen LogP contribution in [0.15, 0.2) is 42.5 Å². The van der Waals surface area contributed by atoms with Gasteiger partial charge >= 0.3 is 0 Å². The molecule has 0 aliphatic carbocycles. The van der Waals surface area contributed by atoms with E-state index in [0.29, 0.717) is 10.0 Å². The Morgan fingerprint density at radius 3 is 2.75 bits per heavy atom. The Kier molecular flexibility index (Phi) is 4.99. The normalized spacial score (nSPS) is 10.3. The second kappa shape index (κ2) is 6.73. The van der Waals surface area contributed by atoms with Crippen LogP contribution in [0.4, 0.5) is 5.69 Å². The zero-order chi connectivity index (χ0) is 14.5. The van der Waals surface area contributed by atoms with Gasteiger partial charge in [-0.2, -0.15) is 0 Å². The van der Waals surface area contributed by atoms with Gasteiger partial charge in [-0.1, -0.05) is 53.6 Å². The van der Waals surface area contributed by atoms with Crippen molar-refractivity contribution < 1.29 is 0 Å². The van der Waals surface area contributed by atoms with Crippen molar-refractivity contribution in [3.05, 3.63) is 64.2 Å². The number of anilines is 1. The average Bonchev–Trinajstić information content (AvgIpc) is 2.38. The van der Waals surface area contributed by atoms with Gasteiger partial charge < -0.3 is 11.1 Å². The van der Waals surface area contributed by atoms with Crippen molar-refractivity contribution in [1.29, 1.82) is 0 Å². The predicted octanol–water partition coefficient (Wildman–Crippen LogP) is 3.94. The average molecular weight is 305 g/mol. The van der Waals surface area contributed by atoms with Crippen LogP contribution in [0.5, 0.6) is 0 Å². The van der Waals surface area contributed by atoms with Crippen molar-refractivity contribution in [1.82, 2.24) is 0 Å². The van der Waals surface area contributed by atoms with Crippen LogP contribution in [0.1, 0.15) is 16.7 Å². The molecule has 20 heavy (non-hydrogen) atoms. The fraction of sp³-hybridized carbons (Fsp3) is 0.188. The molecule has 104 valence electrons. The molecule has 0 amide bonds. The van der Waals surface area contributed by atoms with Crippen molar-refractivity contribution in [2.75, 3.05) is 11.9 Å². The van der Waals surface area contributed by atoms with Crippen LogP contribution in [0.2, 0.25) is 5.02 Å². The highest BCUT2D eigenvalue weighted by atomic mass is 35.5. The number of hydrogen-bond donors (Lipinski definition) is 2. The van der Waals surface area contributed by atoms with E-state index < -0.39 is 0 Å². The number of thiocarbonyl (C=S) groups is 1. The zero-order valence-corrected chi connectivity index (χ0v) is 12.9. The van der Waals surface area contributed by atoms with E-state index in [-0.39, 0.29) is 0 Å². The van der Waals surface area contributed by atoms with Crippen LogP contribution in [0.25, 0.3) is 0 Å². The zero-order valence-electron chi connectivity index (χ0n) is 11.3. The summed E-state index contributed by atoms with van der Waals surface area (Å²) in [5.41, 5.74) is 10.0. The van der Waals surface area contributed by atoms with Crippen LogP contribution in [-0.2, 0) is 6.42 Å². The molecular weight excluding hydrogens is 288 g/mol. The summed E-state index contributed by atoms with van der Waals surface area (Å²) in [6.45, 7) is 2.90. The summed E-state index contributed by atoms with van der Waals surface area (Å²) in [4.78, 5) is 0.375. The van der Waals surface area contributed by atoms with Crippen LogP contribution in [-0.4, -0.2) is 11.5 Å². The number of rotatable bonds is 5. The first kappa shape index (κ1) is 14.8. The van der Waals surface area contributed by atoms with Crippen LogP contribution in [0.3, 0.4) is 0 Å². The van der Waals surface area contributed by atoms with E-state index in [1.807, 2.05) is 12.1 Å². The molecule has 2 nitrogen and oxygen atoms in total. The molecule has 3 N–H and O–H groups in total. The maximum atomic E-state index is 6.01. The lowest BCUT2D eigenvalue weighted by atomic mass is 10.1. The van der Waals surface area contributed by atoms with Crippen molar-refractivity contribution in [3.63, 3.8) is 0 Å². The van der Waals surface area contributed by atoms with Crippen LogP contribution in [0, 0.1) is 6.92 Å². The lowest BCUT2D eigenvalue weighted by molar-refractivity contribution is 1.02. The molecule has 0 spiro atoms. The number of halogens is 1. The largest absolute Gasteiger partial charge is 0.389 e. The Balaban J connectivity index is 2.04. The second-order valence-corrected chi connectivity index (χ2v) is 5.60. The third kappa shape index (κ3) is 3.95. The first-order valence-electron chi connectivity index (χ1n) is 6.45. The van der Waals surface area contributed by atoms with E-state index in [9.17, 15) is 0 Å². The number of nitrogens with one attached hydrogen (secondary N) is 1. The maximum Gasteiger partial charge on any atom is 0.106 e. The van der Waals surface area contributed by atoms with Gasteiger partial charge in [-0.15, -0.1) is 0 Å². The quantitative estimate of drug-likeness (QED) is 0.822. The second-order valence-electron chi connectivity index (χ2n) is 4.72. The van der Waals surface area contributed by atoms with Gasteiger partial charge in [-0.05, 0) is 37.1 Å². The Bertz CT molecular complexity index is 626. The van der Waals surface area contributed by atoms with Gasteiger partial charge in [0.15, 0.2) is 0 Å². The van der Waals surface area contributed by atoms with Gasteiger partial charge in [0.05, 0.1) is 0 Å². The summed E-state index contributed by atoms with van der Waals surface area (Å²) < 4.78 is 0. The molecule has 2 aromatic carbocycles. The number of aryl methyl sites for hydroxylation is 1. The maximum absolute atomic E-state index is 6.01. The molecule has 2 rings (SSSR count). The Labute approximate surface area is 130 Å². The minimum absolute atomic E-state index is 0.375. The molecule has 0 aliphatic rings. The highest BCUT2D eigenvalue weighted by Gasteiger charge is 2.05. The molecule has 0 saturated carbocycles. The summed E-state index contributed by atoms with van der Waals surface area (Å²) in [6.07, 6.45) is 0.935. The molecule has 0 heterocycles. The van der Waals surface area contributed by atoms with E-state index in [1.54, 1.807) is 6.07 Å². The van der Waals surface area contributed by atoms with E-state index in [1.165, 1.54) is 11.1 Å². The summed E-state index contributed by atoms with van der Waals surface area (Å²) in [7, 11) is 0. The highest BCUT2D eigenvalue weighted by molar-refractivity contribution is 7.80. The van der Waals surface area contributed by atoms with E-state index in [2.05, 4.69) is 36.5 Å². The lowest BCUT2D eigenvalue weighted by Gasteiger charge is -2.12. The van der Waals surface area contributed by atoms with Crippen LogP contribution < -0.4 is 11.1 Å². The van der Waals surface area contributed by atoms with Gasteiger partial charge in [0, 0.05) is 22.8 Å². The molecule has 0 radical (unpaired) electrons. The Morgan fingerprint density at radius 1 is 1.25 bits per heavy atom. The molecule has 0 atom stereocenters. The fourth-order valence-corrected chi connectivity index (χ4v) is 2.44. The minimum atomic E-state index is 0.375. The van der Waals surface area contributed by atoms with Gasteiger partial charge in [0.2, 0.25) is 0 Å². The number of hydrogen-bond acceptors (Lipinski definition) is 2. The van der Waals surface area contributed by atoms with Crippen LogP contribution >= 0.6 is 23.8 Å². The van der Waals surface area contributed by atoms with Gasteiger partial charge in [-0.3, -0.25) is 0 Å². The predicted molar refractivity (Wildman–Crippen MR) is 90.7 cm³/mol. The minimum Gasteiger partial charge on any atom is -0.389 e. The molecule has 2 aromatic rings. The summed E-state index contributed by atoms with van der Waals surface area (Å²) in [6, 6.07) is 14.0. The van der Waals surface area contributed by atoms with E-state index >= 15 is 0 Å². The monoisotopic (exact) mass is 304 g/mol. The molecule has 0 saturated heterocycles. The SMILES string of the molecule is Cc1cccc(CCNc2cc(Cl)ccc2C(N)=S)c1. The molecule has 0 aromatic heterocycles. The molecule has 0 aliphatic heterocycles. The van der Waals surface area contributed by atoms with Crippen molar-refractivity contribution in [2.45, 2.75) is 13.3 Å². The summed E-state index contributed by atoms with van der Waals surface area (Å²) in [5, 5.41) is 4.02. The Hall–Kier alpha value is -1.58. The molecule has 0 fully saturated rings. The first-order valence-corrected chi connectivity index (χ1v) is 7.23. The molecule has 4 heteroatoms. The summed E-state index contributed by atoms with van der Waals surface area (Å²) >= 11 is 11.1. The van der Waals surface area contributed by atoms with Gasteiger partial charge in [-0.25, -0.2) is 0 Å². The van der Waals surface area contributed by atoms with Crippen molar-refractivity contribution in [2.24, 2.45) is 5.73 Å². The third-order valence-corrected chi connectivity index (χ3v) is 3.51. The van der Waals surface area contributed by atoms with Crippen molar-refractivity contribution >= 4 is 34.5 Å². The van der Waals surface area contributed by atoms with Crippen molar-refractivity contribution in [3.8, 4) is 0 Å². The van der Waals surface area contributed by atoms with E-state index in [0.717, 1.165) is 24.2 Å². The van der Waals surface area contributed by atoms with E-state index in [4.69, 9.17) is 29.6 Å². The molecule has 0 bridgehead atoms. The lowest BCUT2D eigenvalue weighted by Crippen LogP contribution is -2.14. The standard InChI is InChI=1S/C16H17ClN2S/c1-11-3-2-4-12(9-11)7-8-19-15-10-13(17)5-6-14(15)16(18)20/h2-6,9-10,19H,7-8H2,1H3,(H2,18,20). The Morgan fingerprint density at radius 2 is 2.05 bits per heavy atom. The van der Waals surface area contributed by atoms with Gasteiger partial charge in [0.1, 0.15) is 4.99 Å². The molecular formula is C16H17ClN2S. The third-order valence-electron chi connectivity index (χ3n) is 3.06. The number of nitrogens with two attached hydrogens (primary N) is 1. The topological polar surface area (TPSA) is 38.0 Å².